The molecule has 1 nitrogen and oxygen atoms in total. The highest BCUT2D eigenvalue weighted by Gasteiger charge is 2.32. The van der Waals surface area contributed by atoms with Crippen LogP contribution in [0.25, 0.3) is 0 Å². The van der Waals surface area contributed by atoms with Crippen LogP contribution in [0.2, 0.25) is 0 Å². The number of hydrogen-bond acceptors (Lipinski definition) is 2. The quantitative estimate of drug-likeness (QED) is 0.520. The zero-order chi connectivity index (χ0) is 5.40. The molecule has 2 unspecified atom stereocenters. The Kier molecular flexibility index (Phi) is 1.23. The Bertz CT molecular complexity index is 82.5. The van der Waals surface area contributed by atoms with Gasteiger partial charge < -0.3 is 5.32 Å². The maximum atomic E-state index is 3.50. The SMILES string of the molecule is C1CSC2CCC2N1. The molecule has 0 bridgehead atoms. The number of nitrogens with one attached hydrogen (secondary N) is 1. The molecule has 2 aliphatic rings. The van der Waals surface area contributed by atoms with E-state index in [1.54, 1.807) is 0 Å². The van der Waals surface area contributed by atoms with E-state index in [1.807, 2.05) is 0 Å². The van der Waals surface area contributed by atoms with Crippen molar-refractivity contribution in [2.45, 2.75) is 24.1 Å². The van der Waals surface area contributed by atoms with E-state index in [4.69, 9.17) is 0 Å². The molecule has 1 N–H and O–H groups in total. The lowest BCUT2D eigenvalue weighted by Gasteiger charge is -2.40. The minimum Gasteiger partial charge on any atom is -0.312 e. The first kappa shape index (κ1) is 5.12. The van der Waals surface area contributed by atoms with Crippen LogP contribution < -0.4 is 5.32 Å². The van der Waals surface area contributed by atoms with Crippen molar-refractivity contribution >= 4 is 11.8 Å². The molecule has 2 atom stereocenters. The van der Waals surface area contributed by atoms with Crippen LogP contribution in [0.3, 0.4) is 0 Å². The zero-order valence-electron chi connectivity index (χ0n) is 4.89. The highest BCUT2D eigenvalue weighted by Crippen LogP contribution is 2.33. The molecule has 1 saturated heterocycles. The van der Waals surface area contributed by atoms with Crippen LogP contribution in [0.5, 0.6) is 0 Å². The van der Waals surface area contributed by atoms with Gasteiger partial charge in [0, 0.05) is 23.6 Å². The van der Waals surface area contributed by atoms with E-state index < -0.39 is 0 Å². The third kappa shape index (κ3) is 0.669. The normalized spacial score (nSPS) is 45.0. The van der Waals surface area contributed by atoms with Crippen molar-refractivity contribution in [2.24, 2.45) is 0 Å². The van der Waals surface area contributed by atoms with E-state index in [0.29, 0.717) is 0 Å². The minimum atomic E-state index is 0.897. The molecule has 0 aromatic heterocycles. The lowest BCUT2D eigenvalue weighted by molar-refractivity contribution is 0.351. The van der Waals surface area contributed by atoms with Gasteiger partial charge >= 0.3 is 0 Å². The van der Waals surface area contributed by atoms with Gasteiger partial charge in [0.1, 0.15) is 0 Å². The van der Waals surface area contributed by atoms with Crippen LogP contribution in [-0.2, 0) is 0 Å². The summed E-state index contributed by atoms with van der Waals surface area (Å²) in [6, 6.07) is 0.897. The van der Waals surface area contributed by atoms with Crippen LogP contribution >= 0.6 is 11.8 Å². The molecule has 0 aromatic rings. The highest BCUT2D eigenvalue weighted by molar-refractivity contribution is 8.00. The van der Waals surface area contributed by atoms with E-state index in [2.05, 4.69) is 17.1 Å². The molecule has 1 aliphatic heterocycles. The summed E-state index contributed by atoms with van der Waals surface area (Å²) in [4.78, 5) is 0. The van der Waals surface area contributed by atoms with Crippen molar-refractivity contribution in [2.75, 3.05) is 12.3 Å². The molecular weight excluding hydrogens is 118 g/mol. The van der Waals surface area contributed by atoms with Gasteiger partial charge in [0.2, 0.25) is 0 Å². The minimum absolute atomic E-state index is 0.897. The maximum Gasteiger partial charge on any atom is 0.0202 e. The number of rotatable bonds is 0. The second-order valence-electron chi connectivity index (χ2n) is 2.55. The summed E-state index contributed by atoms with van der Waals surface area (Å²) in [5.41, 5.74) is 0. The summed E-state index contributed by atoms with van der Waals surface area (Å²) in [6.07, 6.45) is 2.89. The molecule has 0 radical (unpaired) electrons. The fourth-order valence-electron chi connectivity index (χ4n) is 1.36. The van der Waals surface area contributed by atoms with Gasteiger partial charge in [-0.05, 0) is 12.8 Å². The molecule has 1 aliphatic carbocycles. The second-order valence-corrected chi connectivity index (χ2v) is 3.89. The van der Waals surface area contributed by atoms with E-state index in [-0.39, 0.29) is 0 Å². The van der Waals surface area contributed by atoms with E-state index >= 15 is 0 Å². The van der Waals surface area contributed by atoms with Gasteiger partial charge in [-0.3, -0.25) is 0 Å². The summed E-state index contributed by atoms with van der Waals surface area (Å²) in [5.74, 6) is 1.33. The predicted molar refractivity (Wildman–Crippen MR) is 37.3 cm³/mol. The van der Waals surface area contributed by atoms with Crippen molar-refractivity contribution in [1.82, 2.24) is 5.32 Å². The van der Waals surface area contributed by atoms with Gasteiger partial charge in [0.05, 0.1) is 0 Å². The third-order valence-corrected chi connectivity index (χ3v) is 3.48. The molecule has 2 rings (SSSR count). The topological polar surface area (TPSA) is 12.0 Å². The lowest BCUT2D eigenvalue weighted by Crippen LogP contribution is -2.50. The van der Waals surface area contributed by atoms with Gasteiger partial charge in [0.25, 0.3) is 0 Å². The summed E-state index contributed by atoms with van der Waals surface area (Å²) < 4.78 is 0. The number of thioether (sulfide) groups is 1. The van der Waals surface area contributed by atoms with Gasteiger partial charge in [-0.2, -0.15) is 11.8 Å². The summed E-state index contributed by atoms with van der Waals surface area (Å²) in [7, 11) is 0. The Morgan fingerprint density at radius 2 is 2.38 bits per heavy atom. The zero-order valence-corrected chi connectivity index (χ0v) is 5.71. The van der Waals surface area contributed by atoms with Crippen LogP contribution in [0.4, 0.5) is 0 Å². The van der Waals surface area contributed by atoms with Gasteiger partial charge in [-0.1, -0.05) is 0 Å². The van der Waals surface area contributed by atoms with Gasteiger partial charge in [0.15, 0.2) is 0 Å². The van der Waals surface area contributed by atoms with E-state index in [9.17, 15) is 0 Å². The van der Waals surface area contributed by atoms with Crippen molar-refractivity contribution in [3.63, 3.8) is 0 Å². The molecular formula is C6H11NS. The summed E-state index contributed by atoms with van der Waals surface area (Å²) in [5, 5.41) is 4.49. The fourth-order valence-corrected chi connectivity index (χ4v) is 2.66. The Balaban J connectivity index is 1.92. The predicted octanol–water partition coefficient (Wildman–Crippen LogP) is 0.854. The van der Waals surface area contributed by atoms with Gasteiger partial charge in [-0.25, -0.2) is 0 Å². The van der Waals surface area contributed by atoms with Crippen molar-refractivity contribution in [3.8, 4) is 0 Å². The average molecular weight is 129 g/mol. The number of fused-ring (bicyclic) bond motifs is 1. The van der Waals surface area contributed by atoms with Crippen LogP contribution in [0.1, 0.15) is 12.8 Å². The molecule has 0 aromatic carbocycles. The molecule has 46 valence electrons. The van der Waals surface area contributed by atoms with Crippen molar-refractivity contribution < 1.29 is 0 Å². The molecule has 2 heteroatoms. The Morgan fingerprint density at radius 1 is 1.38 bits per heavy atom. The lowest BCUT2D eigenvalue weighted by atomic mass is 9.92. The van der Waals surface area contributed by atoms with Gasteiger partial charge in [-0.15, -0.1) is 0 Å². The van der Waals surface area contributed by atoms with Crippen LogP contribution in [0, 0.1) is 0 Å². The molecule has 0 spiro atoms. The maximum absolute atomic E-state index is 3.50. The third-order valence-electron chi connectivity index (χ3n) is 2.05. The first-order chi connectivity index (χ1) is 3.97. The van der Waals surface area contributed by atoms with Crippen LogP contribution in [0.15, 0.2) is 0 Å². The summed E-state index contributed by atoms with van der Waals surface area (Å²) >= 11 is 2.15. The molecule has 1 heterocycles. The molecule has 8 heavy (non-hydrogen) atoms. The number of hydrogen-bond donors (Lipinski definition) is 1. The molecule has 1 saturated carbocycles. The first-order valence-electron chi connectivity index (χ1n) is 3.32. The standard InChI is InChI=1S/C6H11NS/c1-2-6-5(1)7-3-4-8-6/h5-7H,1-4H2. The monoisotopic (exact) mass is 129 g/mol. The highest BCUT2D eigenvalue weighted by atomic mass is 32.2. The van der Waals surface area contributed by atoms with Crippen LogP contribution in [-0.4, -0.2) is 23.6 Å². The first-order valence-corrected chi connectivity index (χ1v) is 4.37. The Hall–Kier alpha value is 0.310. The Labute approximate surface area is 54.2 Å². The second kappa shape index (κ2) is 1.92. The largest absolute Gasteiger partial charge is 0.312 e. The van der Waals surface area contributed by atoms with Crippen molar-refractivity contribution in [3.05, 3.63) is 0 Å². The van der Waals surface area contributed by atoms with E-state index in [0.717, 1.165) is 11.3 Å². The Morgan fingerprint density at radius 3 is 2.75 bits per heavy atom. The molecule has 0 amide bonds. The smallest absolute Gasteiger partial charge is 0.0202 e. The summed E-state index contributed by atoms with van der Waals surface area (Å²) in [6.45, 7) is 1.24. The fraction of sp³-hybridized carbons (Fsp3) is 1.00. The average Bonchev–Trinajstić information content (AvgIpc) is 1.72. The van der Waals surface area contributed by atoms with E-state index in [1.165, 1.54) is 25.1 Å². The van der Waals surface area contributed by atoms with Crippen molar-refractivity contribution in [1.29, 1.82) is 0 Å². The molecule has 2 fully saturated rings.